The van der Waals surface area contributed by atoms with E-state index in [2.05, 4.69) is 31.2 Å². The van der Waals surface area contributed by atoms with Crippen molar-refractivity contribution in [2.24, 2.45) is 17.6 Å². The van der Waals surface area contributed by atoms with Gasteiger partial charge in [-0.25, -0.2) is 0 Å². The average Bonchev–Trinajstić information content (AvgIpc) is 3.36. The monoisotopic (exact) mass is 526 g/mol. The first-order chi connectivity index (χ1) is 17.9. The number of aryl methyl sites for hydroxylation is 1. The minimum Gasteiger partial charge on any atom is -0.385 e. The van der Waals surface area contributed by atoms with Gasteiger partial charge < -0.3 is 20.5 Å². The molecule has 4 atom stereocenters. The summed E-state index contributed by atoms with van der Waals surface area (Å²) in [5.74, 6) is 0.151. The number of nitrogens with two attached hydrogens (primary N) is 1. The molecular formula is C31H43ClN2O3. The largest absolute Gasteiger partial charge is 0.385 e. The number of unbranched alkanes of at least 4 members (excludes halogenated alkanes) is 1. The number of piperidine rings is 1. The molecule has 1 saturated heterocycles. The lowest BCUT2D eigenvalue weighted by Gasteiger charge is -2.44. The average molecular weight is 527 g/mol. The number of aliphatic hydroxyl groups is 1. The number of hydrogen-bond donors (Lipinski definition) is 2. The number of amides is 1. The normalized spacial score (nSPS) is 23.7. The van der Waals surface area contributed by atoms with Gasteiger partial charge in [0, 0.05) is 55.3 Å². The Morgan fingerprint density at radius 1 is 1.19 bits per heavy atom. The highest BCUT2D eigenvalue weighted by Gasteiger charge is 2.44. The third kappa shape index (κ3) is 6.39. The molecule has 2 aliphatic rings. The summed E-state index contributed by atoms with van der Waals surface area (Å²) in [6.45, 7) is 4.12. The van der Waals surface area contributed by atoms with E-state index >= 15 is 0 Å². The van der Waals surface area contributed by atoms with E-state index in [1.807, 2.05) is 23.1 Å². The fraction of sp³-hybridized carbons (Fsp3) is 0.581. The number of hydrogen-bond acceptors (Lipinski definition) is 4. The maximum Gasteiger partial charge on any atom is 0.225 e. The van der Waals surface area contributed by atoms with E-state index in [1.54, 1.807) is 7.11 Å². The van der Waals surface area contributed by atoms with Gasteiger partial charge in [0.15, 0.2) is 0 Å². The lowest BCUT2D eigenvalue weighted by molar-refractivity contribution is -0.140. The molecule has 2 fully saturated rings. The van der Waals surface area contributed by atoms with Crippen LogP contribution >= 0.6 is 11.6 Å². The fourth-order valence-corrected chi connectivity index (χ4v) is 6.67. The molecule has 1 aliphatic heterocycles. The van der Waals surface area contributed by atoms with Crippen LogP contribution in [0.15, 0.2) is 42.5 Å². The number of carbonyl (C=O) groups excluding carboxylic acids is 1. The van der Waals surface area contributed by atoms with Crippen LogP contribution in [0.2, 0.25) is 5.02 Å². The van der Waals surface area contributed by atoms with Gasteiger partial charge in [0.25, 0.3) is 0 Å². The van der Waals surface area contributed by atoms with E-state index in [4.69, 9.17) is 22.1 Å². The summed E-state index contributed by atoms with van der Waals surface area (Å²) in [5.41, 5.74) is 9.04. The van der Waals surface area contributed by atoms with Crippen LogP contribution < -0.4 is 5.73 Å². The zero-order valence-corrected chi connectivity index (χ0v) is 23.2. The predicted molar refractivity (Wildman–Crippen MR) is 151 cm³/mol. The molecule has 2 aromatic rings. The van der Waals surface area contributed by atoms with Crippen molar-refractivity contribution < 1.29 is 14.6 Å². The Labute approximate surface area is 227 Å². The van der Waals surface area contributed by atoms with Crippen LogP contribution in [-0.2, 0) is 21.6 Å². The molecule has 0 radical (unpaired) electrons. The molecule has 2 aromatic carbocycles. The Balaban J connectivity index is 1.70. The number of methoxy groups -OCH3 is 1. The second-order valence-corrected chi connectivity index (χ2v) is 11.4. The van der Waals surface area contributed by atoms with Gasteiger partial charge in [-0.2, -0.15) is 0 Å². The van der Waals surface area contributed by atoms with Crippen LogP contribution in [0.25, 0.3) is 11.1 Å². The number of likely N-dealkylation sites (tertiary alicyclic amines) is 1. The molecule has 202 valence electrons. The summed E-state index contributed by atoms with van der Waals surface area (Å²) < 4.78 is 5.29. The van der Waals surface area contributed by atoms with Crippen molar-refractivity contribution in [2.75, 3.05) is 26.8 Å². The molecule has 1 saturated carbocycles. The molecule has 0 spiro atoms. The lowest BCUT2D eigenvalue weighted by atomic mass is 9.72. The Kier molecular flexibility index (Phi) is 9.68. The summed E-state index contributed by atoms with van der Waals surface area (Å²) in [6.07, 6.45) is 7.54. The molecule has 1 aliphatic carbocycles. The standard InChI is InChI=1S/C31H43ClN2O3/c1-3-22-9-6-10-23(19-22)29-27(12-7-13-28(29)32)31(36,16-4-5-18-37-2)25-11-8-17-34(21-25)30(35)24-14-15-26(33)20-24/h6-7,9-10,12-13,19,24-26,36H,3-5,8,11,14-18,20-21,33H2,1-2H3. The first kappa shape index (κ1) is 28.1. The molecule has 4 unspecified atom stereocenters. The fourth-order valence-electron chi connectivity index (χ4n) is 6.39. The third-order valence-corrected chi connectivity index (χ3v) is 8.81. The van der Waals surface area contributed by atoms with Crippen LogP contribution in [-0.4, -0.2) is 48.8 Å². The summed E-state index contributed by atoms with van der Waals surface area (Å²) in [6, 6.07) is 14.4. The highest BCUT2D eigenvalue weighted by Crippen LogP contribution is 2.46. The summed E-state index contributed by atoms with van der Waals surface area (Å²) in [5, 5.41) is 13.3. The van der Waals surface area contributed by atoms with Crippen LogP contribution in [0.1, 0.15) is 69.4 Å². The molecule has 1 heterocycles. The maximum atomic E-state index is 13.4. The first-order valence-electron chi connectivity index (χ1n) is 14.0. The van der Waals surface area contributed by atoms with Crippen LogP contribution in [0.5, 0.6) is 0 Å². The van der Waals surface area contributed by atoms with Crippen LogP contribution in [0.3, 0.4) is 0 Å². The Hall–Kier alpha value is -1.92. The third-order valence-electron chi connectivity index (χ3n) is 8.49. The SMILES string of the molecule is CCc1cccc(-c2c(Cl)cccc2C(O)(CCCCOC)C2CCCN(C(=O)C3CCC(N)C3)C2)c1. The van der Waals surface area contributed by atoms with Gasteiger partial charge in [0.1, 0.15) is 0 Å². The van der Waals surface area contributed by atoms with Crippen molar-refractivity contribution in [1.82, 2.24) is 4.90 Å². The van der Waals surface area contributed by atoms with Crippen LogP contribution in [0.4, 0.5) is 0 Å². The van der Waals surface area contributed by atoms with Gasteiger partial charge in [0.05, 0.1) is 5.60 Å². The Bertz CT molecular complexity index is 1060. The second-order valence-electron chi connectivity index (χ2n) is 11.0. The molecular weight excluding hydrogens is 484 g/mol. The lowest BCUT2D eigenvalue weighted by Crippen LogP contribution is -2.49. The smallest absolute Gasteiger partial charge is 0.225 e. The number of ether oxygens (including phenoxy) is 1. The zero-order chi connectivity index (χ0) is 26.4. The molecule has 4 rings (SSSR count). The number of halogens is 1. The van der Waals surface area contributed by atoms with Crippen molar-refractivity contribution in [3.05, 3.63) is 58.6 Å². The molecule has 37 heavy (non-hydrogen) atoms. The van der Waals surface area contributed by atoms with Gasteiger partial charge in [-0.05, 0) is 80.5 Å². The minimum atomic E-state index is -1.11. The quantitative estimate of drug-likeness (QED) is 0.376. The van der Waals surface area contributed by atoms with Gasteiger partial charge in [-0.1, -0.05) is 54.9 Å². The van der Waals surface area contributed by atoms with E-state index in [0.29, 0.717) is 24.6 Å². The highest BCUT2D eigenvalue weighted by molar-refractivity contribution is 6.33. The van der Waals surface area contributed by atoms with Crippen molar-refractivity contribution in [2.45, 2.75) is 76.4 Å². The van der Waals surface area contributed by atoms with Gasteiger partial charge in [0.2, 0.25) is 5.91 Å². The summed E-state index contributed by atoms with van der Waals surface area (Å²) in [4.78, 5) is 15.4. The predicted octanol–water partition coefficient (Wildman–Crippen LogP) is 5.94. The van der Waals surface area contributed by atoms with E-state index < -0.39 is 5.60 Å². The van der Waals surface area contributed by atoms with Crippen molar-refractivity contribution in [3.63, 3.8) is 0 Å². The van der Waals surface area contributed by atoms with Crippen molar-refractivity contribution >= 4 is 17.5 Å². The zero-order valence-electron chi connectivity index (χ0n) is 22.4. The van der Waals surface area contributed by atoms with E-state index in [0.717, 1.165) is 74.6 Å². The van der Waals surface area contributed by atoms with Crippen molar-refractivity contribution in [1.29, 1.82) is 0 Å². The molecule has 1 amide bonds. The molecule has 3 N–H and O–H groups in total. The van der Waals surface area contributed by atoms with Gasteiger partial charge in [-0.3, -0.25) is 4.79 Å². The summed E-state index contributed by atoms with van der Waals surface area (Å²) >= 11 is 6.86. The van der Waals surface area contributed by atoms with Crippen LogP contribution in [0, 0.1) is 11.8 Å². The molecule has 6 heteroatoms. The van der Waals surface area contributed by atoms with Crippen molar-refractivity contribution in [3.8, 4) is 11.1 Å². The number of nitrogens with zero attached hydrogens (tertiary/aromatic N) is 1. The molecule has 5 nitrogen and oxygen atoms in total. The summed E-state index contributed by atoms with van der Waals surface area (Å²) in [7, 11) is 1.71. The number of rotatable bonds is 10. The van der Waals surface area contributed by atoms with E-state index in [1.165, 1.54) is 5.56 Å². The minimum absolute atomic E-state index is 0.0158. The number of benzene rings is 2. The second kappa shape index (κ2) is 12.8. The number of carbonyl (C=O) groups is 1. The Morgan fingerprint density at radius 3 is 2.73 bits per heavy atom. The molecule has 0 bridgehead atoms. The van der Waals surface area contributed by atoms with Gasteiger partial charge >= 0.3 is 0 Å². The maximum absolute atomic E-state index is 13.4. The topological polar surface area (TPSA) is 75.8 Å². The first-order valence-corrected chi connectivity index (χ1v) is 14.4. The van der Waals surface area contributed by atoms with E-state index in [-0.39, 0.29) is 23.8 Å². The van der Waals surface area contributed by atoms with Gasteiger partial charge in [-0.15, -0.1) is 0 Å². The highest BCUT2D eigenvalue weighted by atomic mass is 35.5. The Morgan fingerprint density at radius 2 is 2.00 bits per heavy atom. The molecule has 0 aromatic heterocycles. The van der Waals surface area contributed by atoms with E-state index in [9.17, 15) is 9.90 Å².